The van der Waals surface area contributed by atoms with Gasteiger partial charge in [0.05, 0.1) is 6.54 Å². The Kier molecular flexibility index (Phi) is 3.71. The molecule has 1 rings (SSSR count). The van der Waals surface area contributed by atoms with E-state index in [2.05, 4.69) is 5.10 Å². The Morgan fingerprint density at radius 3 is 2.53 bits per heavy atom. The van der Waals surface area contributed by atoms with Crippen molar-refractivity contribution in [3.8, 4) is 0 Å². The van der Waals surface area contributed by atoms with Crippen molar-refractivity contribution in [1.29, 1.82) is 0 Å². The van der Waals surface area contributed by atoms with Crippen LogP contribution in [-0.2, 0) is 16.1 Å². The summed E-state index contributed by atoms with van der Waals surface area (Å²) < 4.78 is 36.9. The minimum Gasteiger partial charge on any atom is -0.480 e. The van der Waals surface area contributed by atoms with Crippen LogP contribution in [0.2, 0.25) is 0 Å². The van der Waals surface area contributed by atoms with Gasteiger partial charge in [-0.15, -0.1) is 0 Å². The third-order valence-electron chi connectivity index (χ3n) is 1.79. The Bertz CT molecular complexity index is 402. The number of hydrogen-bond donors (Lipinski definition) is 2. The van der Waals surface area contributed by atoms with Crippen molar-refractivity contribution in [2.75, 3.05) is 0 Å². The third-order valence-corrected chi connectivity index (χ3v) is 1.79. The van der Waals surface area contributed by atoms with Gasteiger partial charge in [-0.1, -0.05) is 0 Å². The number of alkyl halides is 3. The molecule has 1 atom stereocenters. The molecule has 0 aliphatic rings. The van der Waals surface area contributed by atoms with Crippen molar-refractivity contribution in [3.05, 3.63) is 18.5 Å². The molecule has 6 nitrogen and oxygen atoms in total. The standard InChI is InChI=1S/C8H8F3N3O3/c9-8(10,11)7(17)13-5(6(15)16)4-14-3-1-2-12-14/h1-3,5H,4H2,(H,13,17)(H,15,16). The number of halogens is 3. The maximum absolute atomic E-state index is 11.9. The number of carbonyl (C=O) groups excluding carboxylic acids is 1. The highest BCUT2D eigenvalue weighted by Crippen LogP contribution is 2.14. The maximum atomic E-state index is 11.9. The van der Waals surface area contributed by atoms with Crippen LogP contribution in [-0.4, -0.2) is 39.0 Å². The summed E-state index contributed by atoms with van der Waals surface area (Å²) in [7, 11) is 0. The van der Waals surface area contributed by atoms with Gasteiger partial charge in [0.15, 0.2) is 0 Å². The fourth-order valence-electron chi connectivity index (χ4n) is 1.02. The van der Waals surface area contributed by atoms with E-state index in [9.17, 15) is 22.8 Å². The predicted octanol–water partition coefficient (Wildman–Crippen LogP) is 0.0148. The zero-order valence-electron chi connectivity index (χ0n) is 8.31. The molecule has 0 fully saturated rings. The van der Waals surface area contributed by atoms with Gasteiger partial charge < -0.3 is 10.4 Å². The lowest BCUT2D eigenvalue weighted by Crippen LogP contribution is -2.48. The van der Waals surface area contributed by atoms with E-state index in [1.54, 1.807) is 0 Å². The molecule has 1 amide bonds. The quantitative estimate of drug-likeness (QED) is 0.789. The molecular formula is C8H8F3N3O3. The van der Waals surface area contributed by atoms with Crippen LogP contribution in [0.25, 0.3) is 0 Å². The Balaban J connectivity index is 2.68. The molecule has 17 heavy (non-hydrogen) atoms. The van der Waals surface area contributed by atoms with Gasteiger partial charge in [0, 0.05) is 12.4 Å². The number of hydrogen-bond acceptors (Lipinski definition) is 3. The fourth-order valence-corrected chi connectivity index (χ4v) is 1.02. The van der Waals surface area contributed by atoms with Gasteiger partial charge in [0.2, 0.25) is 0 Å². The number of nitrogens with one attached hydrogen (secondary N) is 1. The SMILES string of the molecule is O=C(O)C(Cn1cccn1)NC(=O)C(F)(F)F. The fraction of sp³-hybridized carbons (Fsp3) is 0.375. The van der Waals surface area contributed by atoms with Crippen molar-refractivity contribution >= 4 is 11.9 Å². The number of aliphatic carboxylic acids is 1. The summed E-state index contributed by atoms with van der Waals surface area (Å²) in [6.45, 7) is -0.385. The van der Waals surface area contributed by atoms with Crippen LogP contribution in [0.15, 0.2) is 18.5 Å². The van der Waals surface area contributed by atoms with Crippen LogP contribution in [0.4, 0.5) is 13.2 Å². The molecule has 1 unspecified atom stereocenters. The van der Waals surface area contributed by atoms with Crippen LogP contribution in [0, 0.1) is 0 Å². The van der Waals surface area contributed by atoms with Gasteiger partial charge in [-0.05, 0) is 6.07 Å². The van der Waals surface area contributed by atoms with Gasteiger partial charge in [-0.25, -0.2) is 4.79 Å². The summed E-state index contributed by atoms with van der Waals surface area (Å²) in [6.07, 6.45) is -2.40. The molecule has 94 valence electrons. The largest absolute Gasteiger partial charge is 0.480 e. The normalized spacial score (nSPS) is 13.1. The van der Waals surface area contributed by atoms with E-state index < -0.39 is 24.1 Å². The molecule has 0 aliphatic heterocycles. The minimum absolute atomic E-state index is 0.385. The van der Waals surface area contributed by atoms with Crippen molar-refractivity contribution in [2.45, 2.75) is 18.8 Å². The van der Waals surface area contributed by atoms with Crippen molar-refractivity contribution in [2.24, 2.45) is 0 Å². The van der Waals surface area contributed by atoms with E-state index in [1.165, 1.54) is 23.8 Å². The predicted molar refractivity (Wildman–Crippen MR) is 47.8 cm³/mol. The molecule has 0 bridgehead atoms. The van der Waals surface area contributed by atoms with Gasteiger partial charge in [-0.3, -0.25) is 9.48 Å². The highest BCUT2D eigenvalue weighted by Gasteiger charge is 2.40. The number of rotatable bonds is 4. The summed E-state index contributed by atoms with van der Waals surface area (Å²) >= 11 is 0. The molecule has 2 N–H and O–H groups in total. The Morgan fingerprint density at radius 2 is 2.12 bits per heavy atom. The van der Waals surface area contributed by atoms with Gasteiger partial charge in [-0.2, -0.15) is 18.3 Å². The van der Waals surface area contributed by atoms with E-state index >= 15 is 0 Å². The van der Waals surface area contributed by atoms with Gasteiger partial charge >= 0.3 is 18.1 Å². The Morgan fingerprint density at radius 1 is 1.47 bits per heavy atom. The average Bonchev–Trinajstić information content (AvgIpc) is 2.67. The van der Waals surface area contributed by atoms with Crippen molar-refractivity contribution in [3.63, 3.8) is 0 Å². The molecule has 0 aliphatic carbocycles. The first kappa shape index (κ1) is 13.0. The third kappa shape index (κ3) is 3.78. The highest BCUT2D eigenvalue weighted by atomic mass is 19.4. The van der Waals surface area contributed by atoms with E-state index in [-0.39, 0.29) is 6.54 Å². The molecule has 9 heteroatoms. The molecule has 0 aromatic carbocycles. The van der Waals surface area contributed by atoms with Crippen LogP contribution < -0.4 is 5.32 Å². The molecule has 1 aromatic heterocycles. The number of carboxylic acid groups (broad SMARTS) is 1. The first-order valence-corrected chi connectivity index (χ1v) is 4.38. The number of carboxylic acids is 1. The second-order valence-electron chi connectivity index (χ2n) is 3.09. The number of nitrogens with zero attached hydrogens (tertiary/aromatic N) is 2. The van der Waals surface area contributed by atoms with Crippen LogP contribution >= 0.6 is 0 Å². The molecule has 0 saturated carbocycles. The number of aromatic nitrogens is 2. The minimum atomic E-state index is -5.11. The summed E-state index contributed by atoms with van der Waals surface area (Å²) in [5.41, 5.74) is 0. The monoisotopic (exact) mass is 251 g/mol. The Labute approximate surface area is 93.0 Å². The Hall–Kier alpha value is -2.06. The number of amides is 1. The van der Waals surface area contributed by atoms with Crippen molar-refractivity contribution < 1.29 is 27.9 Å². The second kappa shape index (κ2) is 4.85. The number of carbonyl (C=O) groups is 2. The van der Waals surface area contributed by atoms with Crippen LogP contribution in [0.1, 0.15) is 0 Å². The first-order chi connectivity index (χ1) is 7.80. The lowest BCUT2D eigenvalue weighted by atomic mass is 10.3. The zero-order valence-corrected chi connectivity index (χ0v) is 8.31. The molecule has 1 aromatic rings. The second-order valence-corrected chi connectivity index (χ2v) is 3.09. The topological polar surface area (TPSA) is 84.2 Å². The summed E-state index contributed by atoms with van der Waals surface area (Å²) in [5, 5.41) is 13.7. The smallest absolute Gasteiger partial charge is 0.471 e. The van der Waals surface area contributed by atoms with E-state index in [0.29, 0.717) is 0 Å². The van der Waals surface area contributed by atoms with Crippen LogP contribution in [0.5, 0.6) is 0 Å². The average molecular weight is 251 g/mol. The highest BCUT2D eigenvalue weighted by molar-refractivity contribution is 5.86. The van der Waals surface area contributed by atoms with Gasteiger partial charge in [0.25, 0.3) is 0 Å². The molecule has 0 saturated heterocycles. The molecular weight excluding hydrogens is 243 g/mol. The lowest BCUT2D eigenvalue weighted by Gasteiger charge is -2.15. The van der Waals surface area contributed by atoms with E-state index in [1.807, 2.05) is 0 Å². The summed E-state index contributed by atoms with van der Waals surface area (Å²) in [4.78, 5) is 21.2. The van der Waals surface area contributed by atoms with Crippen molar-refractivity contribution in [1.82, 2.24) is 15.1 Å². The lowest BCUT2D eigenvalue weighted by molar-refractivity contribution is -0.175. The molecule has 1 heterocycles. The van der Waals surface area contributed by atoms with Gasteiger partial charge in [0.1, 0.15) is 6.04 Å². The summed E-state index contributed by atoms with van der Waals surface area (Å²) in [5.74, 6) is -3.87. The summed E-state index contributed by atoms with van der Waals surface area (Å²) in [6, 6.07) is -0.214. The first-order valence-electron chi connectivity index (χ1n) is 4.38. The maximum Gasteiger partial charge on any atom is 0.471 e. The van der Waals surface area contributed by atoms with E-state index in [0.717, 1.165) is 4.68 Å². The molecule has 0 spiro atoms. The zero-order chi connectivity index (χ0) is 13.1. The van der Waals surface area contributed by atoms with Crippen LogP contribution in [0.3, 0.4) is 0 Å². The molecule has 0 radical (unpaired) electrons. The van der Waals surface area contributed by atoms with E-state index in [4.69, 9.17) is 5.11 Å².